The summed E-state index contributed by atoms with van der Waals surface area (Å²) in [5.41, 5.74) is 2.88. The summed E-state index contributed by atoms with van der Waals surface area (Å²) in [5.74, 6) is 0.0803. The fraction of sp³-hybridized carbons (Fsp3) is 0.263. The van der Waals surface area contributed by atoms with Gasteiger partial charge < -0.3 is 14.8 Å². The first kappa shape index (κ1) is 17.5. The molecule has 126 valence electrons. The van der Waals surface area contributed by atoms with Gasteiger partial charge in [-0.15, -0.1) is 0 Å². The molecule has 0 fully saturated rings. The quantitative estimate of drug-likeness (QED) is 0.856. The molecule has 1 unspecified atom stereocenters. The molecule has 2 aromatic carbocycles. The average Bonchev–Trinajstić information content (AvgIpc) is 2.61. The number of benzene rings is 2. The van der Waals surface area contributed by atoms with Gasteiger partial charge >= 0.3 is 5.97 Å². The molecule has 0 bridgehead atoms. The number of esters is 1. The Morgan fingerprint density at radius 1 is 1.00 bits per heavy atom. The van der Waals surface area contributed by atoms with E-state index in [0.29, 0.717) is 11.1 Å². The minimum Gasteiger partial charge on any atom is -0.496 e. The van der Waals surface area contributed by atoms with Crippen LogP contribution in [0.3, 0.4) is 0 Å². The number of ether oxygens (including phenoxy) is 2. The number of amides is 1. The van der Waals surface area contributed by atoms with Gasteiger partial charge in [0.05, 0.1) is 25.8 Å². The topological polar surface area (TPSA) is 64.6 Å². The Balaban J connectivity index is 2.14. The highest BCUT2D eigenvalue weighted by atomic mass is 16.5. The first-order chi connectivity index (χ1) is 11.5. The van der Waals surface area contributed by atoms with E-state index in [1.54, 1.807) is 31.4 Å². The van der Waals surface area contributed by atoms with Gasteiger partial charge in [0, 0.05) is 11.1 Å². The highest BCUT2D eigenvalue weighted by Gasteiger charge is 2.16. The third-order valence-corrected chi connectivity index (χ3v) is 3.77. The third-order valence-electron chi connectivity index (χ3n) is 3.77. The van der Waals surface area contributed by atoms with E-state index >= 15 is 0 Å². The van der Waals surface area contributed by atoms with Gasteiger partial charge in [0.1, 0.15) is 5.75 Å². The maximum absolute atomic E-state index is 12.4. The molecule has 0 aliphatic heterocycles. The third kappa shape index (κ3) is 3.93. The number of nitrogens with one attached hydrogen (secondary N) is 1. The molecule has 1 amide bonds. The molecule has 2 aromatic rings. The van der Waals surface area contributed by atoms with Crippen molar-refractivity contribution in [1.82, 2.24) is 5.32 Å². The zero-order valence-electron chi connectivity index (χ0n) is 14.3. The molecule has 0 saturated heterocycles. The first-order valence-corrected chi connectivity index (χ1v) is 7.60. The normalized spacial score (nSPS) is 11.5. The zero-order valence-corrected chi connectivity index (χ0v) is 14.3. The lowest BCUT2D eigenvalue weighted by molar-refractivity contribution is 0.0600. The van der Waals surface area contributed by atoms with Crippen molar-refractivity contribution in [2.45, 2.75) is 19.9 Å². The molecule has 0 aliphatic carbocycles. The molecule has 0 saturated carbocycles. The van der Waals surface area contributed by atoms with Crippen LogP contribution in [-0.4, -0.2) is 26.1 Å². The van der Waals surface area contributed by atoms with Crippen molar-refractivity contribution in [3.8, 4) is 5.75 Å². The fourth-order valence-corrected chi connectivity index (χ4v) is 2.43. The summed E-state index contributed by atoms with van der Waals surface area (Å²) in [6.45, 7) is 3.89. The molecule has 0 heterocycles. The van der Waals surface area contributed by atoms with Gasteiger partial charge in [-0.1, -0.05) is 17.7 Å². The molecule has 1 atom stereocenters. The summed E-state index contributed by atoms with van der Waals surface area (Å²) in [5, 5.41) is 2.94. The second kappa shape index (κ2) is 7.64. The van der Waals surface area contributed by atoms with E-state index in [2.05, 4.69) is 10.1 Å². The standard InChI is InChI=1S/C19H21NO4/c1-12-5-10-17(23-3)16(11-12)13(2)20-18(21)14-6-8-15(9-7-14)19(22)24-4/h5-11,13H,1-4H3,(H,20,21). The van der Waals surface area contributed by atoms with E-state index in [-0.39, 0.29) is 11.9 Å². The molecule has 24 heavy (non-hydrogen) atoms. The van der Waals surface area contributed by atoms with Crippen molar-refractivity contribution in [2.24, 2.45) is 0 Å². The van der Waals surface area contributed by atoms with Gasteiger partial charge in [0.25, 0.3) is 5.91 Å². The number of carbonyl (C=O) groups excluding carboxylic acids is 2. The van der Waals surface area contributed by atoms with Gasteiger partial charge in [-0.3, -0.25) is 4.79 Å². The van der Waals surface area contributed by atoms with E-state index in [1.807, 2.05) is 32.0 Å². The largest absolute Gasteiger partial charge is 0.496 e. The first-order valence-electron chi connectivity index (χ1n) is 7.60. The monoisotopic (exact) mass is 327 g/mol. The minimum atomic E-state index is -0.431. The number of hydrogen-bond donors (Lipinski definition) is 1. The molecule has 0 radical (unpaired) electrons. The van der Waals surface area contributed by atoms with Crippen LogP contribution in [0.5, 0.6) is 5.75 Å². The van der Waals surface area contributed by atoms with Gasteiger partial charge in [-0.05, 0) is 44.2 Å². The van der Waals surface area contributed by atoms with Gasteiger partial charge in [0.15, 0.2) is 0 Å². The van der Waals surface area contributed by atoms with Crippen LogP contribution in [0.4, 0.5) is 0 Å². The van der Waals surface area contributed by atoms with E-state index < -0.39 is 5.97 Å². The SMILES string of the molecule is COC(=O)c1ccc(C(=O)NC(C)c2cc(C)ccc2OC)cc1. The van der Waals surface area contributed by atoms with Crippen molar-refractivity contribution in [3.05, 3.63) is 64.7 Å². The van der Waals surface area contributed by atoms with Crippen LogP contribution in [0.25, 0.3) is 0 Å². The van der Waals surface area contributed by atoms with Crippen molar-refractivity contribution in [3.63, 3.8) is 0 Å². The minimum absolute atomic E-state index is 0.215. The van der Waals surface area contributed by atoms with Gasteiger partial charge in [0.2, 0.25) is 0 Å². The highest BCUT2D eigenvalue weighted by molar-refractivity contribution is 5.96. The Morgan fingerprint density at radius 3 is 2.21 bits per heavy atom. The summed E-state index contributed by atoms with van der Waals surface area (Å²) >= 11 is 0. The van der Waals surface area contributed by atoms with Gasteiger partial charge in [-0.2, -0.15) is 0 Å². The summed E-state index contributed by atoms with van der Waals surface area (Å²) in [7, 11) is 2.92. The fourth-order valence-electron chi connectivity index (χ4n) is 2.43. The number of hydrogen-bond acceptors (Lipinski definition) is 4. The smallest absolute Gasteiger partial charge is 0.337 e. The summed E-state index contributed by atoms with van der Waals surface area (Å²) in [6.07, 6.45) is 0. The molecule has 0 aliphatic rings. The molecular formula is C19H21NO4. The predicted molar refractivity (Wildman–Crippen MR) is 91.4 cm³/mol. The Morgan fingerprint density at radius 2 is 1.62 bits per heavy atom. The van der Waals surface area contributed by atoms with Crippen LogP contribution in [-0.2, 0) is 4.74 Å². The van der Waals surface area contributed by atoms with Crippen LogP contribution >= 0.6 is 0 Å². The number of aryl methyl sites for hydroxylation is 1. The summed E-state index contributed by atoms with van der Waals surface area (Å²) in [6, 6.07) is 12.0. The molecule has 0 spiro atoms. The maximum atomic E-state index is 12.4. The molecular weight excluding hydrogens is 306 g/mol. The summed E-state index contributed by atoms with van der Waals surface area (Å²) < 4.78 is 10.0. The molecule has 5 nitrogen and oxygen atoms in total. The average molecular weight is 327 g/mol. The van der Waals surface area contributed by atoms with Crippen LogP contribution in [0.2, 0.25) is 0 Å². The lowest BCUT2D eigenvalue weighted by Crippen LogP contribution is -2.27. The van der Waals surface area contributed by atoms with Crippen LogP contribution in [0.1, 0.15) is 44.8 Å². The number of methoxy groups -OCH3 is 2. The van der Waals surface area contributed by atoms with Crippen LogP contribution in [0, 0.1) is 6.92 Å². The Hall–Kier alpha value is -2.82. The predicted octanol–water partition coefficient (Wildman–Crippen LogP) is 3.28. The zero-order chi connectivity index (χ0) is 17.7. The van der Waals surface area contributed by atoms with Gasteiger partial charge in [-0.25, -0.2) is 4.79 Å². The summed E-state index contributed by atoms with van der Waals surface area (Å²) in [4.78, 5) is 23.8. The Labute approximate surface area is 141 Å². The van der Waals surface area contributed by atoms with Crippen molar-refractivity contribution < 1.29 is 19.1 Å². The van der Waals surface area contributed by atoms with Crippen molar-refractivity contribution >= 4 is 11.9 Å². The van der Waals surface area contributed by atoms with Crippen molar-refractivity contribution in [2.75, 3.05) is 14.2 Å². The van der Waals surface area contributed by atoms with Crippen molar-refractivity contribution in [1.29, 1.82) is 0 Å². The second-order valence-electron chi connectivity index (χ2n) is 5.51. The Kier molecular flexibility index (Phi) is 5.58. The van der Waals surface area contributed by atoms with Crippen LogP contribution in [0.15, 0.2) is 42.5 Å². The van der Waals surface area contributed by atoms with E-state index in [1.165, 1.54) is 7.11 Å². The molecule has 0 aromatic heterocycles. The Bertz CT molecular complexity index is 738. The lowest BCUT2D eigenvalue weighted by atomic mass is 10.0. The number of rotatable bonds is 5. The molecule has 5 heteroatoms. The van der Waals surface area contributed by atoms with E-state index in [0.717, 1.165) is 16.9 Å². The van der Waals surface area contributed by atoms with E-state index in [4.69, 9.17) is 4.74 Å². The van der Waals surface area contributed by atoms with Crippen LogP contribution < -0.4 is 10.1 Å². The highest BCUT2D eigenvalue weighted by Crippen LogP contribution is 2.26. The number of carbonyl (C=O) groups is 2. The lowest BCUT2D eigenvalue weighted by Gasteiger charge is -2.18. The molecule has 2 rings (SSSR count). The molecule has 1 N–H and O–H groups in total. The van der Waals surface area contributed by atoms with E-state index in [9.17, 15) is 9.59 Å². The second-order valence-corrected chi connectivity index (χ2v) is 5.51. The maximum Gasteiger partial charge on any atom is 0.337 e.